The van der Waals surface area contributed by atoms with E-state index in [1.165, 1.54) is 0 Å². The molecule has 0 atom stereocenters. The van der Waals surface area contributed by atoms with Crippen LogP contribution in [0.2, 0.25) is 5.02 Å². The summed E-state index contributed by atoms with van der Waals surface area (Å²) in [5, 5.41) is 7.13. The molecule has 17 heavy (non-hydrogen) atoms. The zero-order valence-corrected chi connectivity index (χ0v) is 9.35. The van der Waals surface area contributed by atoms with E-state index in [4.69, 9.17) is 22.1 Å². The number of esters is 1. The Bertz CT molecular complexity index is 541. The van der Waals surface area contributed by atoms with Crippen LogP contribution < -0.4 is 5.73 Å². The fourth-order valence-corrected chi connectivity index (χ4v) is 1.35. The molecule has 0 aliphatic rings. The zero-order chi connectivity index (χ0) is 12.3. The molecule has 2 N–H and O–H groups in total. The first kappa shape index (κ1) is 11.4. The van der Waals surface area contributed by atoms with Crippen LogP contribution in [0.4, 0.5) is 5.82 Å². The summed E-state index contributed by atoms with van der Waals surface area (Å²) in [4.78, 5) is 11.5. The predicted molar refractivity (Wildman–Crippen MR) is 59.3 cm³/mol. The van der Waals surface area contributed by atoms with E-state index >= 15 is 0 Å². The van der Waals surface area contributed by atoms with Crippen LogP contribution >= 0.6 is 11.6 Å². The summed E-state index contributed by atoms with van der Waals surface area (Å²) in [6.45, 7) is 0.0325. The maximum atomic E-state index is 11.5. The lowest BCUT2D eigenvalue weighted by molar-refractivity contribution is 0.0461. The van der Waals surface area contributed by atoms with E-state index in [1.807, 2.05) is 0 Å². The Balaban J connectivity index is 2.02. The number of nitrogen functional groups attached to an aromatic ring is 1. The van der Waals surface area contributed by atoms with Gasteiger partial charge in [-0.15, -0.1) is 0 Å². The largest absolute Gasteiger partial charge is 0.456 e. The Morgan fingerprint density at radius 2 is 2.18 bits per heavy atom. The van der Waals surface area contributed by atoms with Crippen molar-refractivity contribution in [3.8, 4) is 0 Å². The number of anilines is 1. The minimum absolute atomic E-state index is 0.0325. The second-order valence-corrected chi connectivity index (χ2v) is 3.57. The van der Waals surface area contributed by atoms with Crippen LogP contribution in [0.25, 0.3) is 0 Å². The summed E-state index contributed by atoms with van der Waals surface area (Å²) in [5.74, 6) is -0.808. The van der Waals surface area contributed by atoms with Gasteiger partial charge in [0.05, 0.1) is 0 Å². The molecular formula is C10H8ClN3O3. The molecular weight excluding hydrogens is 246 g/mol. The molecule has 0 saturated carbocycles. The maximum absolute atomic E-state index is 11.5. The average molecular weight is 254 g/mol. The van der Waals surface area contributed by atoms with E-state index in [0.29, 0.717) is 10.6 Å². The summed E-state index contributed by atoms with van der Waals surface area (Å²) in [6, 6.07) is 7.03. The highest BCUT2D eigenvalue weighted by Crippen LogP contribution is 2.16. The molecule has 0 fully saturated rings. The van der Waals surface area contributed by atoms with Gasteiger partial charge in [-0.1, -0.05) is 29.8 Å². The highest BCUT2D eigenvalue weighted by atomic mass is 35.5. The second-order valence-electron chi connectivity index (χ2n) is 3.17. The van der Waals surface area contributed by atoms with Crippen LogP contribution in [0.3, 0.4) is 0 Å². The number of nitrogens with two attached hydrogens (primary N) is 1. The number of nitrogens with zero attached hydrogens (tertiary/aromatic N) is 2. The van der Waals surface area contributed by atoms with Gasteiger partial charge >= 0.3 is 5.97 Å². The molecule has 1 aromatic heterocycles. The lowest BCUT2D eigenvalue weighted by Crippen LogP contribution is -2.08. The van der Waals surface area contributed by atoms with E-state index in [9.17, 15) is 4.79 Å². The average Bonchev–Trinajstić information content (AvgIpc) is 2.74. The van der Waals surface area contributed by atoms with Crippen molar-refractivity contribution in [2.75, 3.05) is 5.73 Å². The summed E-state index contributed by atoms with van der Waals surface area (Å²) in [7, 11) is 0. The lowest BCUT2D eigenvalue weighted by atomic mass is 10.2. The van der Waals surface area contributed by atoms with Crippen molar-refractivity contribution in [1.29, 1.82) is 0 Å². The number of halogens is 1. The van der Waals surface area contributed by atoms with Crippen LogP contribution in [-0.4, -0.2) is 16.3 Å². The first-order valence-electron chi connectivity index (χ1n) is 4.67. The van der Waals surface area contributed by atoms with Crippen LogP contribution in [0.15, 0.2) is 28.9 Å². The van der Waals surface area contributed by atoms with Crippen molar-refractivity contribution >= 4 is 23.4 Å². The highest BCUT2D eigenvalue weighted by molar-refractivity contribution is 6.31. The zero-order valence-electron chi connectivity index (χ0n) is 8.59. The fourth-order valence-electron chi connectivity index (χ4n) is 1.16. The maximum Gasteiger partial charge on any atom is 0.364 e. The molecule has 0 amide bonds. The molecule has 0 radical (unpaired) electrons. The second kappa shape index (κ2) is 4.84. The first-order chi connectivity index (χ1) is 8.18. The monoisotopic (exact) mass is 253 g/mol. The van der Waals surface area contributed by atoms with Crippen LogP contribution in [0.1, 0.15) is 16.1 Å². The van der Waals surface area contributed by atoms with Crippen LogP contribution in [0, 0.1) is 0 Å². The van der Waals surface area contributed by atoms with Gasteiger partial charge in [0.25, 0.3) is 0 Å². The van der Waals surface area contributed by atoms with Crippen molar-refractivity contribution in [2.45, 2.75) is 6.61 Å². The van der Waals surface area contributed by atoms with Crippen molar-refractivity contribution in [1.82, 2.24) is 10.3 Å². The third kappa shape index (κ3) is 2.54. The SMILES string of the molecule is Nc1nonc1C(=O)OCc1ccccc1Cl. The number of carbonyl (C=O) groups excluding carboxylic acids is 1. The molecule has 0 spiro atoms. The minimum atomic E-state index is -0.705. The molecule has 2 aromatic rings. The molecule has 2 rings (SSSR count). The summed E-state index contributed by atoms with van der Waals surface area (Å²) >= 11 is 5.90. The molecule has 0 bridgehead atoms. The van der Waals surface area contributed by atoms with Gasteiger partial charge in [-0.2, -0.15) is 0 Å². The number of hydrogen-bond acceptors (Lipinski definition) is 6. The highest BCUT2D eigenvalue weighted by Gasteiger charge is 2.17. The number of aromatic nitrogens is 2. The Kier molecular flexibility index (Phi) is 3.24. The van der Waals surface area contributed by atoms with Crippen molar-refractivity contribution in [3.63, 3.8) is 0 Å². The summed E-state index contributed by atoms with van der Waals surface area (Å²) in [6.07, 6.45) is 0. The van der Waals surface area contributed by atoms with Gasteiger partial charge in [0, 0.05) is 10.6 Å². The Hall–Kier alpha value is -2.08. The van der Waals surface area contributed by atoms with Gasteiger partial charge in [0.2, 0.25) is 11.5 Å². The standard InChI is InChI=1S/C10H8ClN3O3/c11-7-4-2-1-3-6(7)5-16-10(15)8-9(12)14-17-13-8/h1-4H,5H2,(H2,12,14). The molecule has 6 nitrogen and oxygen atoms in total. The predicted octanol–water partition coefficient (Wildman–Crippen LogP) is 1.66. The number of ether oxygens (including phenoxy) is 1. The first-order valence-corrected chi connectivity index (χ1v) is 5.05. The van der Waals surface area contributed by atoms with Crippen molar-refractivity contribution in [2.24, 2.45) is 0 Å². The van der Waals surface area contributed by atoms with Gasteiger partial charge in [0.15, 0.2) is 0 Å². The topological polar surface area (TPSA) is 91.2 Å². The molecule has 0 saturated heterocycles. The molecule has 1 aromatic carbocycles. The van der Waals surface area contributed by atoms with Crippen molar-refractivity contribution in [3.05, 3.63) is 40.5 Å². The summed E-state index contributed by atoms with van der Waals surface area (Å²) < 4.78 is 9.26. The van der Waals surface area contributed by atoms with E-state index in [2.05, 4.69) is 14.9 Å². The number of carbonyl (C=O) groups is 1. The fraction of sp³-hybridized carbons (Fsp3) is 0.100. The quantitative estimate of drug-likeness (QED) is 0.837. The number of benzene rings is 1. The van der Waals surface area contributed by atoms with Crippen LogP contribution in [-0.2, 0) is 11.3 Å². The van der Waals surface area contributed by atoms with Gasteiger partial charge in [-0.25, -0.2) is 9.42 Å². The van der Waals surface area contributed by atoms with E-state index in [1.54, 1.807) is 24.3 Å². The van der Waals surface area contributed by atoms with Gasteiger partial charge in [-0.3, -0.25) is 0 Å². The smallest absolute Gasteiger partial charge is 0.364 e. The number of rotatable bonds is 3. The lowest BCUT2D eigenvalue weighted by Gasteiger charge is -2.04. The van der Waals surface area contributed by atoms with E-state index < -0.39 is 5.97 Å². The number of hydrogen-bond donors (Lipinski definition) is 1. The van der Waals surface area contributed by atoms with E-state index in [0.717, 1.165) is 0 Å². The third-order valence-electron chi connectivity index (χ3n) is 2.02. The van der Waals surface area contributed by atoms with Gasteiger partial charge < -0.3 is 10.5 Å². The molecule has 0 unspecified atom stereocenters. The molecule has 88 valence electrons. The molecule has 1 heterocycles. The summed E-state index contributed by atoms with van der Waals surface area (Å²) in [5.41, 5.74) is 5.90. The van der Waals surface area contributed by atoms with Crippen molar-refractivity contribution < 1.29 is 14.2 Å². The Morgan fingerprint density at radius 3 is 2.82 bits per heavy atom. The minimum Gasteiger partial charge on any atom is -0.456 e. The third-order valence-corrected chi connectivity index (χ3v) is 2.39. The molecule has 0 aliphatic heterocycles. The normalized spacial score (nSPS) is 10.2. The van der Waals surface area contributed by atoms with Crippen LogP contribution in [0.5, 0.6) is 0 Å². The molecule has 0 aliphatic carbocycles. The molecule has 7 heteroatoms. The Morgan fingerprint density at radius 1 is 1.41 bits per heavy atom. The Labute approximate surface area is 101 Å². The van der Waals surface area contributed by atoms with E-state index in [-0.39, 0.29) is 18.1 Å². The van der Waals surface area contributed by atoms with Gasteiger partial charge in [0.1, 0.15) is 6.61 Å². The van der Waals surface area contributed by atoms with Gasteiger partial charge in [-0.05, 0) is 16.4 Å².